The van der Waals surface area contributed by atoms with Crippen molar-refractivity contribution in [1.29, 1.82) is 0 Å². The number of hydrogen-bond acceptors (Lipinski definition) is 1. The summed E-state index contributed by atoms with van der Waals surface area (Å²) in [6.07, 6.45) is 2.77. The van der Waals surface area contributed by atoms with Gasteiger partial charge in [-0.15, -0.1) is 0 Å². The molecule has 1 aliphatic rings. The van der Waals surface area contributed by atoms with Gasteiger partial charge in [0.15, 0.2) is 0 Å². The number of benzene rings is 1. The highest BCUT2D eigenvalue weighted by Gasteiger charge is 2.19. The van der Waals surface area contributed by atoms with E-state index < -0.39 is 0 Å². The molecule has 1 N–H and O–H groups in total. The van der Waals surface area contributed by atoms with Gasteiger partial charge in [0.25, 0.3) is 0 Å². The molecule has 1 atom stereocenters. The van der Waals surface area contributed by atoms with Gasteiger partial charge in [0.1, 0.15) is 0 Å². The quantitative estimate of drug-likeness (QED) is 0.805. The topological polar surface area (TPSA) is 12.0 Å². The summed E-state index contributed by atoms with van der Waals surface area (Å²) < 4.78 is 0. The van der Waals surface area contributed by atoms with Crippen LogP contribution in [0, 0.1) is 0 Å². The Labute approximate surface area is 110 Å². The van der Waals surface area contributed by atoms with Crippen LogP contribution >= 0.6 is 35.4 Å². The summed E-state index contributed by atoms with van der Waals surface area (Å²) >= 11 is 17.3. The van der Waals surface area contributed by atoms with E-state index in [2.05, 4.69) is 12.2 Å². The minimum atomic E-state index is 0.235. The van der Waals surface area contributed by atoms with Crippen molar-refractivity contribution in [1.82, 2.24) is 5.32 Å². The summed E-state index contributed by atoms with van der Waals surface area (Å²) in [5.74, 6) is 0.235. The number of hydrogen-bond donors (Lipinski definition) is 1. The molecular formula is C12H11Cl2NS. The zero-order chi connectivity index (χ0) is 11.7. The second-order valence-electron chi connectivity index (χ2n) is 3.83. The van der Waals surface area contributed by atoms with Crippen molar-refractivity contribution in [3.8, 4) is 0 Å². The maximum Gasteiger partial charge on any atom is 0.0834 e. The average molecular weight is 272 g/mol. The lowest BCUT2D eigenvalue weighted by atomic mass is 9.92. The zero-order valence-electron chi connectivity index (χ0n) is 8.76. The molecule has 84 valence electrons. The third-order valence-electron chi connectivity index (χ3n) is 2.79. The van der Waals surface area contributed by atoms with Crippen LogP contribution in [0.4, 0.5) is 0 Å². The molecule has 0 saturated carbocycles. The Balaban J connectivity index is 2.31. The van der Waals surface area contributed by atoms with E-state index in [1.807, 2.05) is 18.3 Å². The van der Waals surface area contributed by atoms with E-state index >= 15 is 0 Å². The van der Waals surface area contributed by atoms with Gasteiger partial charge in [0.2, 0.25) is 0 Å². The van der Waals surface area contributed by atoms with Crippen LogP contribution in [0.1, 0.15) is 24.8 Å². The molecule has 0 amide bonds. The van der Waals surface area contributed by atoms with Crippen molar-refractivity contribution < 1.29 is 0 Å². The van der Waals surface area contributed by atoms with E-state index in [1.54, 1.807) is 6.07 Å². The molecule has 1 aromatic rings. The Kier molecular flexibility index (Phi) is 3.53. The zero-order valence-corrected chi connectivity index (χ0v) is 11.1. The highest BCUT2D eigenvalue weighted by molar-refractivity contribution is 7.80. The SMILES string of the molecule is CC(C1=CNC(=S)C1)c1cccc(Cl)c1Cl. The van der Waals surface area contributed by atoms with Gasteiger partial charge in [0, 0.05) is 18.5 Å². The molecule has 0 radical (unpaired) electrons. The first-order chi connectivity index (χ1) is 7.59. The summed E-state index contributed by atoms with van der Waals surface area (Å²) in [5, 5.41) is 4.28. The van der Waals surface area contributed by atoms with Gasteiger partial charge in [-0.3, -0.25) is 0 Å². The van der Waals surface area contributed by atoms with Crippen molar-refractivity contribution in [2.75, 3.05) is 0 Å². The van der Waals surface area contributed by atoms with Crippen LogP contribution in [0.2, 0.25) is 10.0 Å². The number of thiocarbonyl (C=S) groups is 1. The highest BCUT2D eigenvalue weighted by Crippen LogP contribution is 2.36. The summed E-state index contributed by atoms with van der Waals surface area (Å²) in [6, 6.07) is 5.72. The van der Waals surface area contributed by atoms with Gasteiger partial charge in [-0.2, -0.15) is 0 Å². The third-order valence-corrected chi connectivity index (χ3v) is 3.88. The van der Waals surface area contributed by atoms with Gasteiger partial charge in [0.05, 0.1) is 15.0 Å². The molecular weight excluding hydrogens is 261 g/mol. The number of rotatable bonds is 2. The Morgan fingerprint density at radius 3 is 2.75 bits per heavy atom. The van der Waals surface area contributed by atoms with Gasteiger partial charge in [-0.05, 0) is 17.2 Å². The molecule has 1 aliphatic heterocycles. The summed E-state index contributed by atoms with van der Waals surface area (Å²) in [7, 11) is 0. The van der Waals surface area contributed by atoms with E-state index in [9.17, 15) is 0 Å². The van der Waals surface area contributed by atoms with Crippen LogP contribution in [0.5, 0.6) is 0 Å². The first kappa shape index (κ1) is 11.9. The first-order valence-electron chi connectivity index (χ1n) is 5.02. The minimum Gasteiger partial charge on any atom is -0.356 e. The average Bonchev–Trinajstić information content (AvgIpc) is 2.68. The molecule has 4 heteroatoms. The highest BCUT2D eigenvalue weighted by atomic mass is 35.5. The molecule has 1 aromatic carbocycles. The van der Waals surface area contributed by atoms with E-state index in [0.717, 1.165) is 17.0 Å². The molecule has 0 spiro atoms. The van der Waals surface area contributed by atoms with Crippen molar-refractivity contribution in [2.24, 2.45) is 0 Å². The number of halogens is 2. The van der Waals surface area contributed by atoms with Crippen molar-refractivity contribution in [3.05, 3.63) is 45.6 Å². The Morgan fingerprint density at radius 2 is 2.12 bits per heavy atom. The van der Waals surface area contributed by atoms with Crippen LogP contribution in [0.25, 0.3) is 0 Å². The summed E-state index contributed by atoms with van der Waals surface area (Å²) in [6.45, 7) is 2.11. The van der Waals surface area contributed by atoms with Gasteiger partial charge >= 0.3 is 0 Å². The van der Waals surface area contributed by atoms with Crippen molar-refractivity contribution in [3.63, 3.8) is 0 Å². The molecule has 0 fully saturated rings. The maximum absolute atomic E-state index is 6.19. The van der Waals surface area contributed by atoms with E-state index in [-0.39, 0.29) is 5.92 Å². The smallest absolute Gasteiger partial charge is 0.0834 e. The van der Waals surface area contributed by atoms with Gasteiger partial charge in [-0.1, -0.05) is 54.5 Å². The second kappa shape index (κ2) is 4.74. The molecule has 16 heavy (non-hydrogen) atoms. The Bertz CT molecular complexity index is 468. The van der Waals surface area contributed by atoms with Gasteiger partial charge < -0.3 is 5.32 Å². The normalized spacial score (nSPS) is 16.9. The Hall–Kier alpha value is -0.570. The third kappa shape index (κ3) is 2.24. The van der Waals surface area contributed by atoms with Crippen LogP contribution in [0.3, 0.4) is 0 Å². The summed E-state index contributed by atoms with van der Waals surface area (Å²) in [5.41, 5.74) is 2.29. The lowest BCUT2D eigenvalue weighted by Crippen LogP contribution is -2.06. The van der Waals surface area contributed by atoms with Crippen molar-refractivity contribution >= 4 is 40.4 Å². The number of nitrogens with one attached hydrogen (secondary N) is 1. The molecule has 0 aromatic heterocycles. The molecule has 0 bridgehead atoms. The van der Waals surface area contributed by atoms with Crippen LogP contribution in [0.15, 0.2) is 30.0 Å². The largest absolute Gasteiger partial charge is 0.356 e. The maximum atomic E-state index is 6.19. The Morgan fingerprint density at radius 1 is 1.38 bits per heavy atom. The molecule has 2 rings (SSSR count). The molecule has 1 heterocycles. The molecule has 0 aliphatic carbocycles. The van der Waals surface area contributed by atoms with Crippen molar-refractivity contribution in [2.45, 2.75) is 19.3 Å². The van der Waals surface area contributed by atoms with Crippen LogP contribution < -0.4 is 5.32 Å². The van der Waals surface area contributed by atoms with E-state index in [0.29, 0.717) is 10.0 Å². The van der Waals surface area contributed by atoms with Crippen LogP contribution in [-0.4, -0.2) is 4.99 Å². The molecule has 0 saturated heterocycles. The molecule has 1 nitrogen and oxygen atoms in total. The van der Waals surface area contributed by atoms with E-state index in [1.165, 1.54) is 5.57 Å². The second-order valence-corrected chi connectivity index (χ2v) is 5.11. The lowest BCUT2D eigenvalue weighted by molar-refractivity contribution is 0.881. The summed E-state index contributed by atoms with van der Waals surface area (Å²) in [4.78, 5) is 0.861. The monoisotopic (exact) mass is 271 g/mol. The van der Waals surface area contributed by atoms with Gasteiger partial charge in [-0.25, -0.2) is 0 Å². The predicted octanol–water partition coefficient (Wildman–Crippen LogP) is 4.30. The lowest BCUT2D eigenvalue weighted by Gasteiger charge is -2.14. The fourth-order valence-corrected chi connectivity index (χ4v) is 2.49. The minimum absolute atomic E-state index is 0.235. The predicted molar refractivity (Wildman–Crippen MR) is 73.3 cm³/mol. The fourth-order valence-electron chi connectivity index (χ4n) is 1.79. The fraction of sp³-hybridized carbons (Fsp3) is 0.250. The van der Waals surface area contributed by atoms with E-state index in [4.69, 9.17) is 35.4 Å². The molecule has 1 unspecified atom stereocenters. The van der Waals surface area contributed by atoms with Crippen LogP contribution in [-0.2, 0) is 0 Å². The standard InChI is InChI=1S/C12H11Cl2NS/c1-7(8-5-11(16)15-6-8)9-3-2-4-10(13)12(9)14/h2-4,6-7H,5H2,1H3,(H,15,16). The first-order valence-corrected chi connectivity index (χ1v) is 6.18.